The smallest absolute Gasteiger partial charge is 0.129 e. The molecular formula is C14H12ClFIN. The highest BCUT2D eigenvalue weighted by atomic mass is 127. The summed E-state index contributed by atoms with van der Waals surface area (Å²) in [7, 11) is 0. The van der Waals surface area contributed by atoms with Crippen molar-refractivity contribution in [1.29, 1.82) is 0 Å². The van der Waals surface area contributed by atoms with E-state index in [-0.39, 0.29) is 5.82 Å². The molecule has 1 atom stereocenters. The van der Waals surface area contributed by atoms with Gasteiger partial charge in [-0.1, -0.05) is 35.9 Å². The first-order valence-corrected chi connectivity index (χ1v) is 6.92. The van der Waals surface area contributed by atoms with Crippen LogP contribution >= 0.6 is 34.2 Å². The standard InChI is InChI=1S/C14H12ClFIN/c1-8-4-2-5-9(13(8)17)14(18)12-10(15)6-3-7-11(12)16/h2-7,14H,18H2,1H3. The zero-order valence-corrected chi connectivity index (χ0v) is 12.7. The molecule has 0 radical (unpaired) electrons. The number of halogens is 3. The van der Waals surface area contributed by atoms with E-state index < -0.39 is 6.04 Å². The second-order valence-electron chi connectivity index (χ2n) is 4.09. The Balaban J connectivity index is 2.55. The van der Waals surface area contributed by atoms with E-state index in [0.717, 1.165) is 14.7 Å². The predicted molar refractivity (Wildman–Crippen MR) is 81.3 cm³/mol. The van der Waals surface area contributed by atoms with Gasteiger partial charge in [0.25, 0.3) is 0 Å². The van der Waals surface area contributed by atoms with Crippen LogP contribution in [-0.2, 0) is 0 Å². The van der Waals surface area contributed by atoms with Crippen molar-refractivity contribution in [3.63, 3.8) is 0 Å². The molecule has 0 bridgehead atoms. The molecule has 0 saturated heterocycles. The summed E-state index contributed by atoms with van der Waals surface area (Å²) in [5.74, 6) is -0.368. The van der Waals surface area contributed by atoms with Gasteiger partial charge in [-0.15, -0.1) is 0 Å². The van der Waals surface area contributed by atoms with Gasteiger partial charge >= 0.3 is 0 Å². The number of benzene rings is 2. The lowest BCUT2D eigenvalue weighted by Gasteiger charge is -2.17. The molecule has 2 aromatic carbocycles. The van der Waals surface area contributed by atoms with Crippen molar-refractivity contribution in [2.24, 2.45) is 5.73 Å². The normalized spacial score (nSPS) is 12.5. The Morgan fingerprint density at radius 1 is 1.22 bits per heavy atom. The fourth-order valence-corrected chi connectivity index (χ4v) is 2.85. The summed E-state index contributed by atoms with van der Waals surface area (Å²) in [6.07, 6.45) is 0. The van der Waals surface area contributed by atoms with Crippen LogP contribution in [0.25, 0.3) is 0 Å². The van der Waals surface area contributed by atoms with E-state index in [2.05, 4.69) is 22.6 Å². The van der Waals surface area contributed by atoms with Crippen LogP contribution in [0.4, 0.5) is 4.39 Å². The van der Waals surface area contributed by atoms with Gasteiger partial charge in [-0.05, 0) is 52.8 Å². The molecule has 1 unspecified atom stereocenters. The molecule has 2 rings (SSSR count). The van der Waals surface area contributed by atoms with Gasteiger partial charge in [-0.2, -0.15) is 0 Å². The first kappa shape index (κ1) is 13.8. The molecule has 4 heteroatoms. The second-order valence-corrected chi connectivity index (χ2v) is 5.58. The third-order valence-corrected chi connectivity index (χ3v) is 4.67. The maximum atomic E-state index is 13.9. The van der Waals surface area contributed by atoms with Crippen molar-refractivity contribution >= 4 is 34.2 Å². The van der Waals surface area contributed by atoms with Gasteiger partial charge in [0.2, 0.25) is 0 Å². The van der Waals surface area contributed by atoms with Crippen LogP contribution in [0.2, 0.25) is 5.02 Å². The molecule has 94 valence electrons. The van der Waals surface area contributed by atoms with E-state index in [1.54, 1.807) is 12.1 Å². The summed E-state index contributed by atoms with van der Waals surface area (Å²) in [5, 5.41) is 0.361. The molecule has 0 saturated carbocycles. The summed E-state index contributed by atoms with van der Waals surface area (Å²) < 4.78 is 14.9. The summed E-state index contributed by atoms with van der Waals surface area (Å²) in [4.78, 5) is 0. The van der Waals surface area contributed by atoms with Gasteiger partial charge < -0.3 is 5.73 Å². The quantitative estimate of drug-likeness (QED) is 0.772. The number of rotatable bonds is 2. The maximum Gasteiger partial charge on any atom is 0.129 e. The van der Waals surface area contributed by atoms with Crippen LogP contribution in [0.5, 0.6) is 0 Å². The molecule has 0 spiro atoms. The minimum atomic E-state index is -0.550. The molecule has 0 fully saturated rings. The topological polar surface area (TPSA) is 26.0 Å². The fourth-order valence-electron chi connectivity index (χ4n) is 1.87. The highest BCUT2D eigenvalue weighted by Gasteiger charge is 2.19. The molecule has 0 heterocycles. The Hall–Kier alpha value is -0.650. The van der Waals surface area contributed by atoms with Crippen LogP contribution < -0.4 is 5.73 Å². The Labute approximate surface area is 124 Å². The Morgan fingerprint density at radius 2 is 1.89 bits per heavy atom. The molecule has 0 aliphatic heterocycles. The Kier molecular flexibility index (Phi) is 4.25. The molecule has 2 N–H and O–H groups in total. The lowest BCUT2D eigenvalue weighted by Crippen LogP contribution is -2.16. The molecule has 2 aromatic rings. The van der Waals surface area contributed by atoms with Crippen molar-refractivity contribution in [3.05, 3.63) is 67.5 Å². The number of hydrogen-bond donors (Lipinski definition) is 1. The maximum absolute atomic E-state index is 13.9. The highest BCUT2D eigenvalue weighted by Crippen LogP contribution is 2.31. The summed E-state index contributed by atoms with van der Waals surface area (Å²) >= 11 is 8.27. The number of hydrogen-bond acceptors (Lipinski definition) is 1. The van der Waals surface area contributed by atoms with Crippen molar-refractivity contribution in [1.82, 2.24) is 0 Å². The van der Waals surface area contributed by atoms with Crippen LogP contribution in [0.1, 0.15) is 22.7 Å². The molecule has 0 aromatic heterocycles. The highest BCUT2D eigenvalue weighted by molar-refractivity contribution is 14.1. The third-order valence-electron chi connectivity index (χ3n) is 2.87. The minimum absolute atomic E-state index is 0.350. The van der Waals surface area contributed by atoms with Crippen molar-refractivity contribution in [3.8, 4) is 0 Å². The van der Waals surface area contributed by atoms with Gasteiger partial charge in [-0.25, -0.2) is 4.39 Å². The zero-order chi connectivity index (χ0) is 13.3. The molecule has 0 amide bonds. The Bertz CT molecular complexity index is 566. The Morgan fingerprint density at radius 3 is 2.56 bits per heavy atom. The fraction of sp³-hybridized carbons (Fsp3) is 0.143. The molecule has 0 aliphatic carbocycles. The molecule has 18 heavy (non-hydrogen) atoms. The van der Waals surface area contributed by atoms with Crippen LogP contribution in [0.3, 0.4) is 0 Å². The van der Waals surface area contributed by atoms with Crippen LogP contribution in [0.15, 0.2) is 36.4 Å². The first-order chi connectivity index (χ1) is 8.52. The van der Waals surface area contributed by atoms with E-state index in [1.807, 2.05) is 25.1 Å². The summed E-state index contributed by atoms with van der Waals surface area (Å²) in [5.41, 5.74) is 8.52. The monoisotopic (exact) mass is 375 g/mol. The van der Waals surface area contributed by atoms with Gasteiger partial charge in [0.05, 0.1) is 6.04 Å². The molecule has 0 aliphatic rings. The van der Waals surface area contributed by atoms with E-state index in [9.17, 15) is 4.39 Å². The lowest BCUT2D eigenvalue weighted by molar-refractivity contribution is 0.599. The van der Waals surface area contributed by atoms with Gasteiger partial charge in [0, 0.05) is 14.2 Å². The summed E-state index contributed by atoms with van der Waals surface area (Å²) in [6, 6.07) is 9.89. The van der Waals surface area contributed by atoms with E-state index in [0.29, 0.717) is 10.6 Å². The average Bonchev–Trinajstić information content (AvgIpc) is 2.32. The first-order valence-electron chi connectivity index (χ1n) is 5.47. The zero-order valence-electron chi connectivity index (χ0n) is 9.75. The van der Waals surface area contributed by atoms with E-state index >= 15 is 0 Å². The lowest BCUT2D eigenvalue weighted by atomic mass is 9.98. The third kappa shape index (κ3) is 2.53. The van der Waals surface area contributed by atoms with Crippen molar-refractivity contribution in [2.45, 2.75) is 13.0 Å². The second kappa shape index (κ2) is 5.55. The average molecular weight is 376 g/mol. The SMILES string of the molecule is Cc1cccc(C(N)c2c(F)cccc2Cl)c1I. The number of nitrogens with two attached hydrogens (primary N) is 1. The van der Waals surface area contributed by atoms with Crippen molar-refractivity contribution in [2.75, 3.05) is 0 Å². The van der Waals surface area contributed by atoms with E-state index in [4.69, 9.17) is 17.3 Å². The van der Waals surface area contributed by atoms with Crippen LogP contribution in [-0.4, -0.2) is 0 Å². The van der Waals surface area contributed by atoms with Crippen molar-refractivity contribution < 1.29 is 4.39 Å². The van der Waals surface area contributed by atoms with Gasteiger partial charge in [0.1, 0.15) is 5.82 Å². The molecular weight excluding hydrogens is 364 g/mol. The van der Waals surface area contributed by atoms with E-state index in [1.165, 1.54) is 6.07 Å². The van der Waals surface area contributed by atoms with Gasteiger partial charge in [-0.3, -0.25) is 0 Å². The largest absolute Gasteiger partial charge is 0.320 e. The predicted octanol–water partition coefficient (Wildman–Crippen LogP) is 4.44. The number of aryl methyl sites for hydroxylation is 1. The van der Waals surface area contributed by atoms with Gasteiger partial charge in [0.15, 0.2) is 0 Å². The summed E-state index contributed by atoms with van der Waals surface area (Å²) in [6.45, 7) is 2.00. The molecule has 1 nitrogen and oxygen atoms in total. The minimum Gasteiger partial charge on any atom is -0.320 e. The van der Waals surface area contributed by atoms with Crippen LogP contribution in [0, 0.1) is 16.3 Å².